The Balaban J connectivity index is 2.00. The number of carbonyl (C=O) groups excluding carboxylic acids is 3. The van der Waals surface area contributed by atoms with E-state index < -0.39 is 17.8 Å². The summed E-state index contributed by atoms with van der Waals surface area (Å²) in [6, 6.07) is 10.2. The molecule has 0 unspecified atom stereocenters. The summed E-state index contributed by atoms with van der Waals surface area (Å²) in [4.78, 5) is 35.1. The van der Waals surface area contributed by atoms with Crippen molar-refractivity contribution >= 4 is 51.5 Å². The Labute approximate surface area is 175 Å². The van der Waals surface area contributed by atoms with Gasteiger partial charge in [0.2, 0.25) is 0 Å². The van der Waals surface area contributed by atoms with Crippen LogP contribution in [0, 0.1) is 0 Å². The van der Waals surface area contributed by atoms with Gasteiger partial charge in [0.1, 0.15) is 11.3 Å². The van der Waals surface area contributed by atoms with E-state index in [1.54, 1.807) is 12.1 Å². The fourth-order valence-corrected chi connectivity index (χ4v) is 3.58. The van der Waals surface area contributed by atoms with Gasteiger partial charge in [0.25, 0.3) is 11.8 Å². The maximum atomic E-state index is 11.9. The van der Waals surface area contributed by atoms with Crippen LogP contribution in [0.5, 0.6) is 5.75 Å². The van der Waals surface area contributed by atoms with Crippen LogP contribution in [0.1, 0.15) is 23.6 Å². The molecular formula is C20H16BrClN2O4. The molecule has 0 aromatic heterocycles. The van der Waals surface area contributed by atoms with Crippen LogP contribution in [0.4, 0.5) is 4.79 Å². The van der Waals surface area contributed by atoms with E-state index in [1.165, 1.54) is 6.08 Å². The highest BCUT2D eigenvalue weighted by Crippen LogP contribution is 2.33. The number of nitrogens with one attached hydrogen (secondary N) is 2. The summed E-state index contributed by atoms with van der Waals surface area (Å²) in [5.74, 6) is -0.887. The SMILES string of the molecule is CCOc1cc(C=C2C(=O)NC(=O)NC2=O)cc(Br)c1Cc1ccccc1Cl. The smallest absolute Gasteiger partial charge is 0.328 e. The minimum Gasteiger partial charge on any atom is -0.494 e. The number of hydrogen-bond donors (Lipinski definition) is 2. The van der Waals surface area contributed by atoms with Crippen molar-refractivity contribution in [2.75, 3.05) is 6.61 Å². The normalized spacial score (nSPS) is 13.8. The van der Waals surface area contributed by atoms with E-state index in [0.717, 1.165) is 15.6 Å². The van der Waals surface area contributed by atoms with Crippen LogP contribution < -0.4 is 15.4 Å². The molecule has 2 aromatic carbocycles. The fraction of sp³-hybridized carbons (Fsp3) is 0.150. The van der Waals surface area contributed by atoms with Crippen molar-refractivity contribution in [1.29, 1.82) is 0 Å². The molecule has 0 radical (unpaired) electrons. The summed E-state index contributed by atoms with van der Waals surface area (Å²) in [7, 11) is 0. The van der Waals surface area contributed by atoms with Crippen molar-refractivity contribution in [2.24, 2.45) is 0 Å². The van der Waals surface area contributed by atoms with Crippen molar-refractivity contribution in [2.45, 2.75) is 13.3 Å². The topological polar surface area (TPSA) is 84.5 Å². The monoisotopic (exact) mass is 462 g/mol. The summed E-state index contributed by atoms with van der Waals surface area (Å²) in [5, 5.41) is 4.75. The number of urea groups is 1. The first kappa shape index (κ1) is 20.1. The van der Waals surface area contributed by atoms with E-state index in [2.05, 4.69) is 15.9 Å². The van der Waals surface area contributed by atoms with Crippen LogP contribution in [-0.2, 0) is 16.0 Å². The maximum Gasteiger partial charge on any atom is 0.328 e. The summed E-state index contributed by atoms with van der Waals surface area (Å²) in [5.41, 5.74) is 2.26. The van der Waals surface area contributed by atoms with Gasteiger partial charge in [0.05, 0.1) is 6.61 Å². The van der Waals surface area contributed by atoms with Gasteiger partial charge in [-0.2, -0.15) is 0 Å². The molecule has 8 heteroatoms. The zero-order valence-corrected chi connectivity index (χ0v) is 17.2. The molecule has 3 rings (SSSR count). The van der Waals surface area contributed by atoms with E-state index in [9.17, 15) is 14.4 Å². The molecule has 0 saturated carbocycles. The minimum absolute atomic E-state index is 0.159. The highest BCUT2D eigenvalue weighted by Gasteiger charge is 2.27. The number of hydrogen-bond acceptors (Lipinski definition) is 4. The quantitative estimate of drug-likeness (QED) is 0.521. The molecule has 0 bridgehead atoms. The van der Waals surface area contributed by atoms with E-state index in [-0.39, 0.29) is 5.57 Å². The Morgan fingerprint density at radius 2 is 1.79 bits per heavy atom. The lowest BCUT2D eigenvalue weighted by atomic mass is 10.0. The molecular weight excluding hydrogens is 448 g/mol. The largest absolute Gasteiger partial charge is 0.494 e. The molecule has 0 aliphatic carbocycles. The van der Waals surface area contributed by atoms with Crippen molar-refractivity contribution in [3.63, 3.8) is 0 Å². The summed E-state index contributed by atoms with van der Waals surface area (Å²) >= 11 is 9.82. The molecule has 4 amide bonds. The number of barbiturate groups is 1. The molecule has 28 heavy (non-hydrogen) atoms. The zero-order chi connectivity index (χ0) is 20.3. The Kier molecular flexibility index (Phi) is 6.16. The Morgan fingerprint density at radius 3 is 2.43 bits per heavy atom. The van der Waals surface area contributed by atoms with Crippen molar-refractivity contribution < 1.29 is 19.1 Å². The standard InChI is InChI=1S/C20H16BrClN2O4/c1-2-28-17-9-11(7-14-18(25)23-20(27)24-19(14)26)8-15(21)13(17)10-12-5-3-4-6-16(12)22/h3-9H,2,10H2,1H3,(H2,23,24,25,26,27). The van der Waals surface area contributed by atoms with Crippen LogP contribution >= 0.6 is 27.5 Å². The first-order valence-electron chi connectivity index (χ1n) is 8.46. The predicted molar refractivity (Wildman–Crippen MR) is 109 cm³/mol. The summed E-state index contributed by atoms with van der Waals surface area (Å²) in [6.07, 6.45) is 1.95. The first-order valence-corrected chi connectivity index (χ1v) is 9.63. The van der Waals surface area contributed by atoms with Crippen molar-refractivity contribution in [3.05, 3.63) is 68.2 Å². The van der Waals surface area contributed by atoms with E-state index >= 15 is 0 Å². The molecule has 0 spiro atoms. The predicted octanol–water partition coefficient (Wildman–Crippen LogP) is 3.84. The Morgan fingerprint density at radius 1 is 1.11 bits per heavy atom. The maximum absolute atomic E-state index is 11.9. The molecule has 1 saturated heterocycles. The van der Waals surface area contributed by atoms with Gasteiger partial charge in [-0.15, -0.1) is 0 Å². The highest BCUT2D eigenvalue weighted by atomic mass is 79.9. The molecule has 1 heterocycles. The number of amides is 4. The number of rotatable bonds is 5. The van der Waals surface area contributed by atoms with Crippen LogP contribution in [0.25, 0.3) is 6.08 Å². The zero-order valence-electron chi connectivity index (χ0n) is 14.8. The van der Waals surface area contributed by atoms with Gasteiger partial charge >= 0.3 is 6.03 Å². The van der Waals surface area contributed by atoms with Crippen LogP contribution in [0.3, 0.4) is 0 Å². The number of carbonyl (C=O) groups is 3. The van der Waals surface area contributed by atoms with Gasteiger partial charge in [0.15, 0.2) is 0 Å². The van der Waals surface area contributed by atoms with Crippen LogP contribution in [0.2, 0.25) is 5.02 Å². The molecule has 1 fully saturated rings. The third-order valence-electron chi connectivity index (χ3n) is 4.06. The van der Waals surface area contributed by atoms with Gasteiger partial charge < -0.3 is 4.74 Å². The highest BCUT2D eigenvalue weighted by molar-refractivity contribution is 9.10. The third kappa shape index (κ3) is 4.43. The molecule has 1 aliphatic heterocycles. The second-order valence-electron chi connectivity index (χ2n) is 5.98. The lowest BCUT2D eigenvalue weighted by Gasteiger charge is -2.16. The van der Waals surface area contributed by atoms with E-state index in [4.69, 9.17) is 16.3 Å². The van der Waals surface area contributed by atoms with E-state index in [0.29, 0.717) is 29.4 Å². The van der Waals surface area contributed by atoms with Gasteiger partial charge in [0, 0.05) is 21.5 Å². The van der Waals surface area contributed by atoms with Crippen LogP contribution in [-0.4, -0.2) is 24.5 Å². The Hall–Kier alpha value is -2.64. The molecule has 0 atom stereocenters. The Bertz CT molecular complexity index is 982. The van der Waals surface area contributed by atoms with Crippen molar-refractivity contribution in [1.82, 2.24) is 10.6 Å². The van der Waals surface area contributed by atoms with Gasteiger partial charge in [-0.05, 0) is 42.3 Å². The number of benzene rings is 2. The average Bonchev–Trinajstić information content (AvgIpc) is 2.63. The fourth-order valence-electron chi connectivity index (χ4n) is 2.78. The lowest BCUT2D eigenvalue weighted by molar-refractivity contribution is -0.123. The summed E-state index contributed by atoms with van der Waals surface area (Å²) in [6.45, 7) is 2.31. The molecule has 2 aromatic rings. The number of ether oxygens (including phenoxy) is 1. The molecule has 1 aliphatic rings. The molecule has 2 N–H and O–H groups in total. The summed E-state index contributed by atoms with van der Waals surface area (Å²) < 4.78 is 6.52. The minimum atomic E-state index is -0.835. The average molecular weight is 464 g/mol. The van der Waals surface area contributed by atoms with Gasteiger partial charge in [-0.3, -0.25) is 20.2 Å². The second kappa shape index (κ2) is 8.58. The van der Waals surface area contributed by atoms with Gasteiger partial charge in [-0.25, -0.2) is 4.79 Å². The lowest BCUT2D eigenvalue weighted by Crippen LogP contribution is -2.51. The second-order valence-corrected chi connectivity index (χ2v) is 7.24. The first-order chi connectivity index (χ1) is 13.4. The number of imide groups is 2. The van der Waals surface area contributed by atoms with Gasteiger partial charge in [-0.1, -0.05) is 45.7 Å². The van der Waals surface area contributed by atoms with Crippen LogP contribution in [0.15, 0.2) is 46.4 Å². The molecule has 144 valence electrons. The van der Waals surface area contributed by atoms with Crippen molar-refractivity contribution in [3.8, 4) is 5.75 Å². The third-order valence-corrected chi connectivity index (χ3v) is 5.13. The number of halogens is 2. The van der Waals surface area contributed by atoms with E-state index in [1.807, 2.05) is 41.8 Å². The molecule has 6 nitrogen and oxygen atoms in total.